The van der Waals surface area contributed by atoms with Crippen LogP contribution in [0.25, 0.3) is 0 Å². The predicted molar refractivity (Wildman–Crippen MR) is 116 cm³/mol. The summed E-state index contributed by atoms with van der Waals surface area (Å²) in [6.45, 7) is 2.84. The topological polar surface area (TPSA) is 73.2 Å². The third-order valence-electron chi connectivity index (χ3n) is 7.93. The quantitative estimate of drug-likeness (QED) is 0.465. The van der Waals surface area contributed by atoms with E-state index in [1.165, 1.54) is 32.1 Å². The number of rotatable bonds is 10. The van der Waals surface area contributed by atoms with E-state index < -0.39 is 18.4 Å². The van der Waals surface area contributed by atoms with Crippen LogP contribution in [-0.4, -0.2) is 77.6 Å². The van der Waals surface area contributed by atoms with Gasteiger partial charge in [0.15, 0.2) is 0 Å². The molecule has 5 unspecified atom stereocenters. The van der Waals surface area contributed by atoms with Crippen LogP contribution >= 0.6 is 0 Å². The third-order valence-corrected chi connectivity index (χ3v) is 7.93. The van der Waals surface area contributed by atoms with Crippen LogP contribution in [0.15, 0.2) is 0 Å². The molecule has 2 aliphatic carbocycles. The molecule has 0 aromatic heterocycles. The smallest absolute Gasteiger partial charge is 0.104 e. The molecule has 0 spiro atoms. The molecule has 1 saturated heterocycles. The zero-order valence-corrected chi connectivity index (χ0v) is 18.6. The second-order valence-electron chi connectivity index (χ2n) is 10.0. The summed E-state index contributed by atoms with van der Waals surface area (Å²) < 4.78 is 20.6. The van der Waals surface area contributed by atoms with Crippen LogP contribution in [0.1, 0.15) is 77.0 Å². The van der Waals surface area contributed by atoms with Crippen molar-refractivity contribution >= 4 is 0 Å². The SMILES string of the molecule is OCC1C(O)[C@H](O)CCN1CCCCCOCC1CCC(C2CCCCC2)C(F)C1. The maximum absolute atomic E-state index is 14.7. The second-order valence-corrected chi connectivity index (χ2v) is 10.0. The normalized spacial score (nSPS) is 36.8. The van der Waals surface area contributed by atoms with Crippen molar-refractivity contribution in [1.29, 1.82) is 0 Å². The summed E-state index contributed by atoms with van der Waals surface area (Å²) in [5, 5.41) is 29.3. The predicted octanol–water partition coefficient (Wildman–Crippen LogP) is 3.30. The van der Waals surface area contributed by atoms with E-state index in [4.69, 9.17) is 4.74 Å². The number of nitrogens with zero attached hydrogens (tertiary/aromatic N) is 1. The fraction of sp³-hybridized carbons (Fsp3) is 1.00. The van der Waals surface area contributed by atoms with Crippen molar-refractivity contribution in [2.24, 2.45) is 17.8 Å². The van der Waals surface area contributed by atoms with Gasteiger partial charge in [0.25, 0.3) is 0 Å². The van der Waals surface area contributed by atoms with Crippen molar-refractivity contribution in [3.63, 3.8) is 0 Å². The standard InChI is InChI=1S/C24H44FNO4/c25-21-15-18(9-10-20(21)19-7-3-1-4-8-19)17-30-14-6-2-5-12-26-13-11-23(28)24(29)22(26)16-27/h18-24,27-29H,1-17H2/t18?,20?,21?,22?,23-,24?/m1/s1. The van der Waals surface area contributed by atoms with Gasteiger partial charge in [0.2, 0.25) is 0 Å². The first-order chi connectivity index (χ1) is 14.6. The maximum Gasteiger partial charge on any atom is 0.104 e. The fourth-order valence-electron chi connectivity index (χ4n) is 6.02. The van der Waals surface area contributed by atoms with Crippen LogP contribution in [0.4, 0.5) is 4.39 Å². The van der Waals surface area contributed by atoms with Gasteiger partial charge in [-0.3, -0.25) is 4.90 Å². The highest BCUT2D eigenvalue weighted by atomic mass is 19.1. The van der Waals surface area contributed by atoms with Gasteiger partial charge in [0.05, 0.1) is 24.9 Å². The third kappa shape index (κ3) is 6.86. The molecule has 5 nitrogen and oxygen atoms in total. The van der Waals surface area contributed by atoms with Crippen LogP contribution in [0, 0.1) is 17.8 Å². The molecule has 176 valence electrons. The van der Waals surface area contributed by atoms with E-state index in [1.54, 1.807) is 0 Å². The number of ether oxygens (including phenoxy) is 1. The number of likely N-dealkylation sites (tertiary alicyclic amines) is 1. The van der Waals surface area contributed by atoms with Crippen molar-refractivity contribution < 1.29 is 24.4 Å². The summed E-state index contributed by atoms with van der Waals surface area (Å²) in [7, 11) is 0. The lowest BCUT2D eigenvalue weighted by molar-refractivity contribution is -0.0897. The van der Waals surface area contributed by atoms with E-state index in [2.05, 4.69) is 4.90 Å². The Bertz CT molecular complexity index is 476. The Morgan fingerprint density at radius 3 is 2.47 bits per heavy atom. The van der Waals surface area contributed by atoms with Crippen molar-refractivity contribution in [1.82, 2.24) is 4.90 Å². The molecule has 3 N–H and O–H groups in total. The molecule has 3 fully saturated rings. The van der Waals surface area contributed by atoms with Crippen LogP contribution in [0.2, 0.25) is 0 Å². The second kappa shape index (κ2) is 12.7. The Morgan fingerprint density at radius 2 is 1.73 bits per heavy atom. The van der Waals surface area contributed by atoms with Crippen molar-refractivity contribution in [3.8, 4) is 0 Å². The Kier molecular flexibility index (Phi) is 10.3. The molecule has 0 bridgehead atoms. The van der Waals surface area contributed by atoms with E-state index in [-0.39, 0.29) is 12.6 Å². The number of aliphatic hydroxyl groups is 3. The summed E-state index contributed by atoms with van der Waals surface area (Å²) in [6.07, 6.45) is 10.6. The molecule has 6 heteroatoms. The largest absolute Gasteiger partial charge is 0.395 e. The molecule has 0 amide bonds. The summed E-state index contributed by atoms with van der Waals surface area (Å²) in [4.78, 5) is 2.09. The Hall–Kier alpha value is -0.270. The van der Waals surface area contributed by atoms with E-state index in [0.29, 0.717) is 43.7 Å². The molecule has 30 heavy (non-hydrogen) atoms. The van der Waals surface area contributed by atoms with E-state index in [1.807, 2.05) is 0 Å². The molecule has 0 radical (unpaired) electrons. The molecule has 0 aromatic carbocycles. The van der Waals surface area contributed by atoms with Crippen molar-refractivity contribution in [2.45, 2.75) is 101 Å². The molecule has 0 aromatic rings. The molecule has 1 heterocycles. The number of piperidine rings is 1. The number of halogens is 1. The molecule has 2 saturated carbocycles. The first kappa shape index (κ1) is 24.4. The zero-order chi connectivity index (χ0) is 21.3. The fourth-order valence-corrected chi connectivity index (χ4v) is 6.02. The lowest BCUT2D eigenvalue weighted by Gasteiger charge is -2.40. The molecular weight excluding hydrogens is 385 g/mol. The van der Waals surface area contributed by atoms with E-state index in [9.17, 15) is 19.7 Å². The Balaban J connectivity index is 1.22. The van der Waals surface area contributed by atoms with Gasteiger partial charge < -0.3 is 20.1 Å². The van der Waals surface area contributed by atoms with E-state index >= 15 is 0 Å². The van der Waals surface area contributed by atoms with Crippen LogP contribution in [-0.2, 0) is 4.74 Å². The average Bonchev–Trinajstić information content (AvgIpc) is 2.76. The number of hydrogen-bond donors (Lipinski definition) is 3. The van der Waals surface area contributed by atoms with Crippen LogP contribution in [0.5, 0.6) is 0 Å². The summed E-state index contributed by atoms with van der Waals surface area (Å²) in [5.74, 6) is 1.32. The lowest BCUT2D eigenvalue weighted by atomic mass is 9.70. The van der Waals surface area contributed by atoms with Gasteiger partial charge >= 0.3 is 0 Å². The van der Waals surface area contributed by atoms with Gasteiger partial charge in [-0.2, -0.15) is 0 Å². The summed E-state index contributed by atoms with van der Waals surface area (Å²) in [5.41, 5.74) is 0. The molecule has 6 atom stereocenters. The monoisotopic (exact) mass is 429 g/mol. The number of hydrogen-bond acceptors (Lipinski definition) is 5. The first-order valence-corrected chi connectivity index (χ1v) is 12.5. The Labute approximate surface area is 182 Å². The number of alkyl halides is 1. The van der Waals surface area contributed by atoms with Gasteiger partial charge in [0, 0.05) is 19.8 Å². The molecule has 3 aliphatic rings. The Morgan fingerprint density at radius 1 is 0.933 bits per heavy atom. The summed E-state index contributed by atoms with van der Waals surface area (Å²) >= 11 is 0. The van der Waals surface area contributed by atoms with Gasteiger partial charge in [-0.25, -0.2) is 4.39 Å². The molecule has 1 aliphatic heterocycles. The van der Waals surface area contributed by atoms with E-state index in [0.717, 1.165) is 45.3 Å². The minimum Gasteiger partial charge on any atom is -0.395 e. The lowest BCUT2D eigenvalue weighted by Crippen LogP contribution is -2.56. The minimum absolute atomic E-state index is 0.125. The van der Waals surface area contributed by atoms with Crippen LogP contribution in [0.3, 0.4) is 0 Å². The number of unbranched alkanes of at least 4 members (excludes halogenated alkanes) is 2. The molecule has 3 rings (SSSR count). The highest BCUT2D eigenvalue weighted by Crippen LogP contribution is 2.41. The van der Waals surface area contributed by atoms with Crippen molar-refractivity contribution in [3.05, 3.63) is 0 Å². The maximum atomic E-state index is 14.7. The van der Waals surface area contributed by atoms with Gasteiger partial charge in [-0.05, 0) is 69.2 Å². The first-order valence-electron chi connectivity index (χ1n) is 12.5. The highest BCUT2D eigenvalue weighted by molar-refractivity contribution is 4.89. The van der Waals surface area contributed by atoms with Gasteiger partial charge in [-0.15, -0.1) is 0 Å². The molecular formula is C24H44FNO4. The minimum atomic E-state index is -0.861. The number of aliphatic hydroxyl groups excluding tert-OH is 3. The van der Waals surface area contributed by atoms with Gasteiger partial charge in [0.1, 0.15) is 6.17 Å². The average molecular weight is 430 g/mol. The summed E-state index contributed by atoms with van der Waals surface area (Å²) in [6, 6.07) is -0.359. The van der Waals surface area contributed by atoms with Crippen LogP contribution < -0.4 is 0 Å². The highest BCUT2D eigenvalue weighted by Gasteiger charge is 2.36. The zero-order valence-electron chi connectivity index (χ0n) is 18.6. The van der Waals surface area contributed by atoms with Crippen molar-refractivity contribution in [2.75, 3.05) is 32.9 Å². The van der Waals surface area contributed by atoms with Gasteiger partial charge in [-0.1, -0.05) is 32.1 Å².